The number of ether oxygens (including phenoxy) is 1. The van der Waals surface area contributed by atoms with Gasteiger partial charge in [-0.3, -0.25) is 0 Å². The summed E-state index contributed by atoms with van der Waals surface area (Å²) in [7, 11) is 0. The van der Waals surface area contributed by atoms with Crippen molar-refractivity contribution in [3.05, 3.63) is 24.3 Å². The Morgan fingerprint density at radius 3 is 2.71 bits per heavy atom. The van der Waals surface area contributed by atoms with Crippen LogP contribution < -0.4 is 15.8 Å². The predicted molar refractivity (Wildman–Crippen MR) is 65.9 cm³/mol. The highest BCUT2D eigenvalue weighted by molar-refractivity contribution is 5.76. The van der Waals surface area contributed by atoms with E-state index < -0.39 is 0 Å². The molecule has 0 amide bonds. The zero-order valence-electron chi connectivity index (χ0n) is 9.39. The molecule has 1 aliphatic rings. The summed E-state index contributed by atoms with van der Waals surface area (Å²) < 4.78 is 5.75. The molecule has 0 saturated carbocycles. The van der Waals surface area contributed by atoms with Gasteiger partial charge < -0.3 is 15.8 Å². The molecule has 88 valence electrons. The lowest BCUT2D eigenvalue weighted by molar-refractivity contribution is 0.215. The molecule has 0 bridgehead atoms. The number of hydrogen-bond donors (Lipinski definition) is 2. The van der Waals surface area contributed by atoms with Gasteiger partial charge in [0, 0.05) is 6.54 Å². The summed E-state index contributed by atoms with van der Waals surface area (Å²) in [6.45, 7) is 1.82. The van der Waals surface area contributed by atoms with Crippen LogP contribution in [0.1, 0.15) is 6.42 Å². The van der Waals surface area contributed by atoms with Crippen molar-refractivity contribution in [2.45, 2.75) is 12.5 Å². The predicted octanol–water partition coefficient (Wildman–Crippen LogP) is 0.953. The van der Waals surface area contributed by atoms with E-state index in [4.69, 9.17) is 10.5 Å². The van der Waals surface area contributed by atoms with E-state index in [1.165, 1.54) is 0 Å². The van der Waals surface area contributed by atoms with Crippen molar-refractivity contribution < 1.29 is 4.74 Å². The molecule has 1 atom stereocenters. The summed E-state index contributed by atoms with van der Waals surface area (Å²) in [4.78, 5) is 8.69. The molecule has 1 aliphatic heterocycles. The van der Waals surface area contributed by atoms with Crippen LogP contribution in [0.4, 0.5) is 5.82 Å². The molecule has 1 fully saturated rings. The molecule has 17 heavy (non-hydrogen) atoms. The number of rotatable bonds is 2. The number of nitrogen functional groups attached to an aromatic ring is 1. The zero-order valence-corrected chi connectivity index (χ0v) is 9.39. The number of hydrogen-bond acceptors (Lipinski definition) is 5. The van der Waals surface area contributed by atoms with Crippen LogP contribution in [-0.2, 0) is 0 Å². The number of anilines is 1. The van der Waals surface area contributed by atoms with Gasteiger partial charge in [0.2, 0.25) is 0 Å². The first-order chi connectivity index (χ1) is 8.33. The Morgan fingerprint density at radius 1 is 1.24 bits per heavy atom. The smallest absolute Gasteiger partial charge is 0.258 e. The summed E-state index contributed by atoms with van der Waals surface area (Å²) in [6.07, 6.45) is 1.13. The number of nitrogens with two attached hydrogens (primary N) is 1. The van der Waals surface area contributed by atoms with Gasteiger partial charge in [-0.15, -0.1) is 0 Å². The van der Waals surface area contributed by atoms with Crippen molar-refractivity contribution in [2.24, 2.45) is 0 Å². The van der Waals surface area contributed by atoms with Gasteiger partial charge in [0.1, 0.15) is 6.10 Å². The first-order valence-corrected chi connectivity index (χ1v) is 5.72. The molecule has 0 spiro atoms. The van der Waals surface area contributed by atoms with E-state index in [1.807, 2.05) is 24.3 Å². The molecule has 3 rings (SSSR count). The lowest BCUT2D eigenvalue weighted by Crippen LogP contribution is -2.21. The molecule has 3 N–H and O–H groups in total. The third-order valence-corrected chi connectivity index (χ3v) is 2.86. The first-order valence-electron chi connectivity index (χ1n) is 5.72. The molecule has 2 aromatic rings. The number of aromatic nitrogens is 2. The molecule has 5 heteroatoms. The Bertz CT molecular complexity index is 537. The minimum absolute atomic E-state index is 0.146. The highest BCUT2D eigenvalue weighted by Gasteiger charge is 2.18. The lowest BCUT2D eigenvalue weighted by atomic mass is 10.3. The summed E-state index contributed by atoms with van der Waals surface area (Å²) in [6, 6.07) is 7.63. The molecule has 1 aromatic heterocycles. The fourth-order valence-electron chi connectivity index (χ4n) is 1.97. The Balaban J connectivity index is 1.95. The van der Waals surface area contributed by atoms with Crippen LogP contribution in [0.2, 0.25) is 0 Å². The molecule has 2 heterocycles. The first kappa shape index (κ1) is 10.3. The molecule has 0 radical (unpaired) electrons. The lowest BCUT2D eigenvalue weighted by Gasteiger charge is -2.13. The van der Waals surface area contributed by atoms with Crippen LogP contribution in [0.25, 0.3) is 11.0 Å². The minimum Gasteiger partial charge on any atom is -0.470 e. The van der Waals surface area contributed by atoms with Crippen molar-refractivity contribution >= 4 is 16.9 Å². The van der Waals surface area contributed by atoms with E-state index in [0.717, 1.165) is 30.5 Å². The third kappa shape index (κ3) is 2.01. The van der Waals surface area contributed by atoms with Crippen molar-refractivity contribution in [1.82, 2.24) is 15.3 Å². The van der Waals surface area contributed by atoms with Crippen LogP contribution in [0.15, 0.2) is 24.3 Å². The molecule has 1 aromatic carbocycles. The summed E-state index contributed by atoms with van der Waals surface area (Å²) in [5, 5.41) is 3.24. The van der Waals surface area contributed by atoms with E-state index in [2.05, 4.69) is 15.3 Å². The fraction of sp³-hybridized carbons (Fsp3) is 0.333. The Labute approximate surface area is 99.0 Å². The van der Waals surface area contributed by atoms with Gasteiger partial charge >= 0.3 is 0 Å². The summed E-state index contributed by atoms with van der Waals surface area (Å²) in [5.74, 6) is 0.799. The van der Waals surface area contributed by atoms with Crippen LogP contribution in [0, 0.1) is 0 Å². The van der Waals surface area contributed by atoms with Gasteiger partial charge in [0.05, 0.1) is 11.0 Å². The van der Waals surface area contributed by atoms with Gasteiger partial charge in [-0.1, -0.05) is 12.1 Å². The number of benzene rings is 1. The van der Waals surface area contributed by atoms with Crippen molar-refractivity contribution in [3.63, 3.8) is 0 Å². The van der Waals surface area contributed by atoms with Gasteiger partial charge in [-0.05, 0) is 25.1 Å². The van der Waals surface area contributed by atoms with Gasteiger partial charge in [0.15, 0.2) is 5.82 Å². The van der Waals surface area contributed by atoms with Gasteiger partial charge in [0.25, 0.3) is 5.88 Å². The Morgan fingerprint density at radius 2 is 2.00 bits per heavy atom. The molecule has 0 aliphatic carbocycles. The SMILES string of the molecule is Nc1nc2ccccc2nc1OC1CCNC1. The summed E-state index contributed by atoms with van der Waals surface area (Å²) >= 11 is 0. The standard InChI is InChI=1S/C12H14N4O/c13-11-12(17-8-5-6-14-7-8)16-10-4-2-1-3-9(10)15-11/h1-4,8,14H,5-7H2,(H2,13,15). The average Bonchev–Trinajstić information content (AvgIpc) is 2.83. The molecule has 1 saturated heterocycles. The molecular formula is C12H14N4O. The Hall–Kier alpha value is -1.88. The van der Waals surface area contributed by atoms with E-state index in [1.54, 1.807) is 0 Å². The van der Waals surface area contributed by atoms with Crippen LogP contribution in [0.5, 0.6) is 5.88 Å². The van der Waals surface area contributed by atoms with Crippen molar-refractivity contribution in [1.29, 1.82) is 0 Å². The van der Waals surface area contributed by atoms with Crippen LogP contribution in [-0.4, -0.2) is 29.2 Å². The number of fused-ring (bicyclic) bond motifs is 1. The van der Waals surface area contributed by atoms with E-state index in [0.29, 0.717) is 11.7 Å². The topological polar surface area (TPSA) is 73.1 Å². The number of nitrogens with zero attached hydrogens (tertiary/aromatic N) is 2. The second-order valence-corrected chi connectivity index (χ2v) is 4.14. The van der Waals surface area contributed by atoms with E-state index >= 15 is 0 Å². The van der Waals surface area contributed by atoms with Gasteiger partial charge in [-0.25, -0.2) is 9.97 Å². The average molecular weight is 230 g/mol. The number of para-hydroxylation sites is 2. The fourth-order valence-corrected chi connectivity index (χ4v) is 1.97. The zero-order chi connectivity index (χ0) is 11.7. The van der Waals surface area contributed by atoms with Crippen LogP contribution >= 0.6 is 0 Å². The quantitative estimate of drug-likeness (QED) is 0.803. The minimum atomic E-state index is 0.146. The summed E-state index contributed by atoms with van der Waals surface area (Å²) in [5.41, 5.74) is 7.45. The maximum atomic E-state index is 5.85. The maximum absolute atomic E-state index is 5.85. The normalized spacial score (nSPS) is 19.6. The maximum Gasteiger partial charge on any atom is 0.258 e. The second kappa shape index (κ2) is 4.18. The molecule has 1 unspecified atom stereocenters. The monoisotopic (exact) mass is 230 g/mol. The van der Waals surface area contributed by atoms with Gasteiger partial charge in [-0.2, -0.15) is 0 Å². The second-order valence-electron chi connectivity index (χ2n) is 4.14. The van der Waals surface area contributed by atoms with Crippen molar-refractivity contribution in [2.75, 3.05) is 18.8 Å². The third-order valence-electron chi connectivity index (χ3n) is 2.86. The molecule has 5 nitrogen and oxygen atoms in total. The number of nitrogens with one attached hydrogen (secondary N) is 1. The molecular weight excluding hydrogens is 216 g/mol. The van der Waals surface area contributed by atoms with Crippen molar-refractivity contribution in [3.8, 4) is 5.88 Å². The van der Waals surface area contributed by atoms with E-state index in [9.17, 15) is 0 Å². The highest BCUT2D eigenvalue weighted by atomic mass is 16.5. The van der Waals surface area contributed by atoms with E-state index in [-0.39, 0.29) is 6.10 Å². The highest BCUT2D eigenvalue weighted by Crippen LogP contribution is 2.22. The largest absolute Gasteiger partial charge is 0.470 e. The van der Waals surface area contributed by atoms with Crippen LogP contribution in [0.3, 0.4) is 0 Å². The Kier molecular flexibility index (Phi) is 2.53.